The summed E-state index contributed by atoms with van der Waals surface area (Å²) in [6, 6.07) is 0. The highest BCUT2D eigenvalue weighted by molar-refractivity contribution is 6.07. The van der Waals surface area contributed by atoms with Crippen molar-refractivity contribution in [1.29, 1.82) is 0 Å². The molecule has 0 rings (SSSR count). The van der Waals surface area contributed by atoms with Crippen LogP contribution in [0.3, 0.4) is 0 Å². The average molecular weight is 170 g/mol. The quantitative estimate of drug-likeness (QED) is 0.210. The molecule has 0 saturated carbocycles. The molecule has 0 aromatic heterocycles. The summed E-state index contributed by atoms with van der Waals surface area (Å²) in [5, 5.41) is 0. The molecule has 3 nitrogen and oxygen atoms in total. The van der Waals surface area contributed by atoms with E-state index in [0.717, 1.165) is 0 Å². The predicted octanol–water partition coefficient (Wildman–Crippen LogP) is 1.33. The second-order valence-corrected chi connectivity index (χ2v) is 2.70. The van der Waals surface area contributed by atoms with Gasteiger partial charge in [-0.3, -0.25) is 4.79 Å². The molecular formula is C9H14O3. The van der Waals surface area contributed by atoms with Crippen molar-refractivity contribution < 1.29 is 14.3 Å². The predicted molar refractivity (Wildman–Crippen MR) is 45.6 cm³/mol. The van der Waals surface area contributed by atoms with E-state index in [1.807, 2.05) is 13.8 Å². The van der Waals surface area contributed by atoms with Crippen molar-refractivity contribution in [2.24, 2.45) is 5.92 Å². The highest BCUT2D eigenvalue weighted by atomic mass is 16.5. The first-order chi connectivity index (χ1) is 5.61. The van der Waals surface area contributed by atoms with Crippen molar-refractivity contribution in [3.8, 4) is 0 Å². The minimum absolute atomic E-state index is 0.104. The van der Waals surface area contributed by atoms with Gasteiger partial charge in [0.2, 0.25) is 0 Å². The van der Waals surface area contributed by atoms with Crippen molar-refractivity contribution in [2.75, 3.05) is 6.61 Å². The SMILES string of the molecule is CCOC(=O)C(C=O)=CC(C)C. The van der Waals surface area contributed by atoms with Gasteiger partial charge in [0.05, 0.1) is 12.2 Å². The fraction of sp³-hybridized carbons (Fsp3) is 0.556. The zero-order valence-electron chi connectivity index (χ0n) is 7.66. The lowest BCUT2D eigenvalue weighted by atomic mass is 10.1. The van der Waals surface area contributed by atoms with Gasteiger partial charge in [0.25, 0.3) is 0 Å². The number of ether oxygens (including phenoxy) is 1. The van der Waals surface area contributed by atoms with Crippen LogP contribution >= 0.6 is 0 Å². The van der Waals surface area contributed by atoms with Crippen molar-refractivity contribution in [2.45, 2.75) is 20.8 Å². The van der Waals surface area contributed by atoms with Gasteiger partial charge in [0, 0.05) is 0 Å². The molecule has 0 atom stereocenters. The fourth-order valence-electron chi connectivity index (χ4n) is 0.729. The van der Waals surface area contributed by atoms with E-state index in [-0.39, 0.29) is 11.5 Å². The monoisotopic (exact) mass is 170 g/mol. The van der Waals surface area contributed by atoms with Crippen LogP contribution in [0.1, 0.15) is 20.8 Å². The van der Waals surface area contributed by atoms with Crippen LogP contribution in [0.5, 0.6) is 0 Å². The molecule has 0 saturated heterocycles. The Labute approximate surface area is 72.4 Å². The van der Waals surface area contributed by atoms with Crippen LogP contribution in [0, 0.1) is 5.92 Å². The summed E-state index contributed by atoms with van der Waals surface area (Å²) in [5.41, 5.74) is 0.104. The van der Waals surface area contributed by atoms with Gasteiger partial charge in [0.15, 0.2) is 6.29 Å². The van der Waals surface area contributed by atoms with E-state index in [1.54, 1.807) is 13.0 Å². The fourth-order valence-corrected chi connectivity index (χ4v) is 0.729. The summed E-state index contributed by atoms with van der Waals surface area (Å²) in [6.07, 6.45) is 2.11. The van der Waals surface area contributed by atoms with Gasteiger partial charge in [-0.1, -0.05) is 19.9 Å². The molecule has 0 unspecified atom stereocenters. The van der Waals surface area contributed by atoms with Gasteiger partial charge in [0.1, 0.15) is 0 Å². The highest BCUT2D eigenvalue weighted by Gasteiger charge is 2.08. The zero-order valence-corrected chi connectivity index (χ0v) is 7.66. The smallest absolute Gasteiger partial charge is 0.341 e. The minimum Gasteiger partial charge on any atom is -0.462 e. The highest BCUT2D eigenvalue weighted by Crippen LogP contribution is 2.01. The Balaban J connectivity index is 4.34. The van der Waals surface area contributed by atoms with Gasteiger partial charge in [-0.15, -0.1) is 0 Å². The molecule has 0 aliphatic heterocycles. The molecule has 0 aromatic rings. The standard InChI is InChI=1S/C9H14O3/c1-4-12-9(11)8(6-10)5-7(2)3/h5-7H,4H2,1-3H3. The van der Waals surface area contributed by atoms with Crippen LogP contribution in [0.15, 0.2) is 11.6 Å². The van der Waals surface area contributed by atoms with Crippen LogP contribution in [-0.4, -0.2) is 18.9 Å². The third-order valence-electron chi connectivity index (χ3n) is 1.15. The van der Waals surface area contributed by atoms with E-state index in [2.05, 4.69) is 4.74 Å². The summed E-state index contributed by atoms with van der Waals surface area (Å²) in [5.74, 6) is -0.365. The second-order valence-electron chi connectivity index (χ2n) is 2.70. The summed E-state index contributed by atoms with van der Waals surface area (Å²) in [6.45, 7) is 5.78. The Morgan fingerprint density at radius 3 is 2.42 bits per heavy atom. The van der Waals surface area contributed by atoms with E-state index in [4.69, 9.17) is 0 Å². The number of esters is 1. The van der Waals surface area contributed by atoms with Gasteiger partial charge in [-0.2, -0.15) is 0 Å². The van der Waals surface area contributed by atoms with E-state index in [0.29, 0.717) is 12.9 Å². The number of hydrogen-bond donors (Lipinski definition) is 0. The molecule has 0 heterocycles. The summed E-state index contributed by atoms with van der Waals surface area (Å²) < 4.78 is 4.66. The van der Waals surface area contributed by atoms with Crippen LogP contribution in [0.2, 0.25) is 0 Å². The van der Waals surface area contributed by atoms with Crippen LogP contribution in [0.4, 0.5) is 0 Å². The molecule has 0 radical (unpaired) electrons. The average Bonchev–Trinajstić information content (AvgIpc) is 2.00. The molecule has 0 aliphatic carbocycles. The summed E-state index contributed by atoms with van der Waals surface area (Å²) in [4.78, 5) is 21.4. The normalized spacial score (nSPS) is 11.5. The first-order valence-electron chi connectivity index (χ1n) is 3.96. The van der Waals surface area contributed by atoms with Crippen molar-refractivity contribution >= 4 is 12.3 Å². The third kappa shape index (κ3) is 3.91. The Morgan fingerprint density at radius 1 is 1.50 bits per heavy atom. The van der Waals surface area contributed by atoms with E-state index in [9.17, 15) is 9.59 Å². The largest absolute Gasteiger partial charge is 0.462 e. The minimum atomic E-state index is -0.541. The maximum atomic E-state index is 11.0. The van der Waals surface area contributed by atoms with E-state index in [1.165, 1.54) is 0 Å². The molecule has 0 aromatic carbocycles. The number of hydrogen-bond acceptors (Lipinski definition) is 3. The molecule has 68 valence electrons. The maximum Gasteiger partial charge on any atom is 0.341 e. The van der Waals surface area contributed by atoms with E-state index < -0.39 is 5.97 Å². The van der Waals surface area contributed by atoms with Crippen LogP contribution < -0.4 is 0 Å². The number of allylic oxidation sites excluding steroid dienone is 1. The maximum absolute atomic E-state index is 11.0. The number of carbonyl (C=O) groups is 2. The topological polar surface area (TPSA) is 43.4 Å². The van der Waals surface area contributed by atoms with Gasteiger partial charge >= 0.3 is 5.97 Å². The van der Waals surface area contributed by atoms with Gasteiger partial charge < -0.3 is 4.74 Å². The molecular weight excluding hydrogens is 156 g/mol. The molecule has 12 heavy (non-hydrogen) atoms. The molecule has 0 N–H and O–H groups in total. The second kappa shape index (κ2) is 5.52. The molecule has 3 heteroatoms. The lowest BCUT2D eigenvalue weighted by Crippen LogP contribution is -2.09. The first kappa shape index (κ1) is 10.9. The third-order valence-corrected chi connectivity index (χ3v) is 1.15. The van der Waals surface area contributed by atoms with Crippen LogP contribution in [0.25, 0.3) is 0 Å². The number of aldehydes is 1. The summed E-state index contributed by atoms with van der Waals surface area (Å²) in [7, 11) is 0. The lowest BCUT2D eigenvalue weighted by molar-refractivity contribution is -0.139. The zero-order chi connectivity index (χ0) is 9.56. The molecule has 0 aliphatic rings. The van der Waals surface area contributed by atoms with Crippen molar-refractivity contribution in [1.82, 2.24) is 0 Å². The van der Waals surface area contributed by atoms with Crippen molar-refractivity contribution in [3.05, 3.63) is 11.6 Å². The molecule has 0 fully saturated rings. The Kier molecular flexibility index (Phi) is 5.00. The number of carbonyl (C=O) groups excluding carboxylic acids is 2. The van der Waals surface area contributed by atoms with Gasteiger partial charge in [-0.05, 0) is 12.8 Å². The Hall–Kier alpha value is -1.12. The molecule has 0 spiro atoms. The van der Waals surface area contributed by atoms with E-state index >= 15 is 0 Å². The van der Waals surface area contributed by atoms with Gasteiger partial charge in [-0.25, -0.2) is 4.79 Å². The molecule has 0 bridgehead atoms. The first-order valence-corrected chi connectivity index (χ1v) is 3.96. The number of rotatable bonds is 4. The van der Waals surface area contributed by atoms with Crippen LogP contribution in [-0.2, 0) is 14.3 Å². The van der Waals surface area contributed by atoms with Crippen molar-refractivity contribution in [3.63, 3.8) is 0 Å². The Bertz CT molecular complexity index is 192. The summed E-state index contributed by atoms with van der Waals surface area (Å²) >= 11 is 0. The Morgan fingerprint density at radius 2 is 2.08 bits per heavy atom. The lowest BCUT2D eigenvalue weighted by Gasteiger charge is -2.01. The molecule has 0 amide bonds.